The van der Waals surface area contributed by atoms with Gasteiger partial charge in [-0.1, -0.05) is 110 Å². The number of aryl methyl sites for hydroxylation is 1. The summed E-state index contributed by atoms with van der Waals surface area (Å²) in [7, 11) is 7.26. The van der Waals surface area contributed by atoms with Gasteiger partial charge in [-0.05, 0) is 126 Å². The monoisotopic (exact) mass is 1470 g/mol. The molecule has 3 N–H and O–H groups in total. The average molecular weight is 1470 g/mol. The van der Waals surface area contributed by atoms with Gasteiger partial charge in [-0.25, -0.2) is 0 Å². The maximum absolute atomic E-state index is 15.8. The molecule has 3 aliphatic carbocycles. The van der Waals surface area contributed by atoms with E-state index in [4.69, 9.17) is 16.3 Å². The third-order valence-corrected chi connectivity index (χ3v) is 23.5. The van der Waals surface area contributed by atoms with Crippen molar-refractivity contribution in [2.45, 2.75) is 249 Å². The molecule has 1 spiro atoms. The minimum Gasteiger partial charge on any atom is -0.378 e. The molecule has 1 aromatic carbocycles. The van der Waals surface area contributed by atoms with Gasteiger partial charge < -0.3 is 64.8 Å². The van der Waals surface area contributed by atoms with Crippen LogP contribution in [0.25, 0.3) is 0 Å². The summed E-state index contributed by atoms with van der Waals surface area (Å²) in [5, 5.41) is 8.26. The number of hydrogen-bond acceptors (Lipinski definition) is 13. The fourth-order valence-electron chi connectivity index (χ4n) is 16.5. The Morgan fingerprint density at radius 3 is 1.90 bits per heavy atom. The molecule has 29 heteroatoms. The van der Waals surface area contributed by atoms with Crippen LogP contribution in [0.2, 0.25) is 5.02 Å². The van der Waals surface area contributed by atoms with Crippen molar-refractivity contribution in [3.8, 4) is 0 Å². The Hall–Kier alpha value is -7.10. The quantitative estimate of drug-likeness (QED) is 0.223. The molecule has 4 aliphatic heterocycles. The molecule has 0 radical (unpaired) electrons. The van der Waals surface area contributed by atoms with Gasteiger partial charge in [-0.3, -0.25) is 57.5 Å². The molecule has 0 unspecified atom stereocenters. The Labute approximate surface area is 610 Å². The smallest absolute Gasteiger partial charge is 0.378 e. The van der Waals surface area contributed by atoms with Crippen molar-refractivity contribution in [3.05, 3.63) is 34.3 Å². The van der Waals surface area contributed by atoms with Crippen LogP contribution in [-0.4, -0.2) is 263 Å². The zero-order valence-electron chi connectivity index (χ0n) is 62.3. The maximum Gasteiger partial charge on any atom is 0.417 e. The first-order valence-corrected chi connectivity index (χ1v) is 38.0. The summed E-state index contributed by atoms with van der Waals surface area (Å²) in [6.45, 7) is 10.9. The van der Waals surface area contributed by atoms with Crippen molar-refractivity contribution in [2.75, 3.05) is 87.7 Å². The number of nitrogens with one attached hydrogen (secondary N) is 3. The van der Waals surface area contributed by atoms with E-state index in [0.29, 0.717) is 44.1 Å². The van der Waals surface area contributed by atoms with Crippen LogP contribution < -0.4 is 16.0 Å². The van der Waals surface area contributed by atoms with Crippen LogP contribution >= 0.6 is 11.6 Å². The summed E-state index contributed by atoms with van der Waals surface area (Å²) < 4.78 is 47.4. The first kappa shape index (κ1) is 81.6. The third kappa shape index (κ3) is 19.1. The van der Waals surface area contributed by atoms with Gasteiger partial charge in [0.15, 0.2) is 0 Å². The highest BCUT2D eigenvalue weighted by atomic mass is 35.5. The number of benzene rings is 1. The van der Waals surface area contributed by atoms with Crippen LogP contribution in [0.3, 0.4) is 0 Å². The predicted molar refractivity (Wildman–Crippen MR) is 378 cm³/mol. The van der Waals surface area contributed by atoms with E-state index < -0.39 is 172 Å². The Kier molecular flexibility index (Phi) is 28.3. The van der Waals surface area contributed by atoms with Gasteiger partial charge in [0.1, 0.15) is 59.9 Å². The molecule has 1 aromatic rings. The van der Waals surface area contributed by atoms with Crippen molar-refractivity contribution in [3.63, 3.8) is 0 Å². The second kappa shape index (κ2) is 35.8. The van der Waals surface area contributed by atoms with Crippen LogP contribution in [-0.2, 0) is 74.9 Å². The molecular weight excluding hydrogens is 1360 g/mol. The first-order chi connectivity index (χ1) is 48.7. The molecule has 0 aromatic heterocycles. The van der Waals surface area contributed by atoms with Gasteiger partial charge in [0, 0.05) is 68.0 Å². The van der Waals surface area contributed by atoms with E-state index in [0.717, 1.165) is 62.0 Å². The molecular formula is C74H112ClF3N12O13. The molecule has 12 amide bonds. The number of morpholine rings is 1. The minimum atomic E-state index is -4.76. The number of fused-ring (bicyclic) bond motifs is 2. The second-order valence-electron chi connectivity index (χ2n) is 30.5. The number of carbonyl (C=O) groups is 12. The molecule has 10 atom stereocenters. The lowest BCUT2D eigenvalue weighted by atomic mass is 9.84. The number of rotatable bonds is 12. The Morgan fingerprint density at radius 1 is 0.670 bits per heavy atom. The van der Waals surface area contributed by atoms with Gasteiger partial charge >= 0.3 is 6.18 Å². The minimum absolute atomic E-state index is 0.0208. The van der Waals surface area contributed by atoms with Gasteiger partial charge in [0.05, 0.1) is 36.8 Å². The van der Waals surface area contributed by atoms with Crippen molar-refractivity contribution in [1.82, 2.24) is 60.0 Å². The van der Waals surface area contributed by atoms with Gasteiger partial charge in [0.25, 0.3) is 0 Å². The van der Waals surface area contributed by atoms with E-state index in [2.05, 4.69) is 16.0 Å². The van der Waals surface area contributed by atoms with Crippen molar-refractivity contribution >= 4 is 82.5 Å². The number of ether oxygens (including phenoxy) is 1. The lowest BCUT2D eigenvalue weighted by Gasteiger charge is -2.45. The van der Waals surface area contributed by atoms with Crippen LogP contribution in [0.1, 0.15) is 188 Å². The first-order valence-electron chi connectivity index (χ1n) is 37.6. The highest BCUT2D eigenvalue weighted by Gasteiger charge is 2.52. The summed E-state index contributed by atoms with van der Waals surface area (Å²) in [4.78, 5) is 194. The van der Waals surface area contributed by atoms with Crippen LogP contribution in [0.5, 0.6) is 0 Å². The fourth-order valence-corrected chi connectivity index (χ4v) is 16.9. The summed E-state index contributed by atoms with van der Waals surface area (Å²) in [5.74, 6) is -8.62. The zero-order chi connectivity index (χ0) is 75.5. The number of alkyl halides is 3. The lowest BCUT2D eigenvalue weighted by molar-refractivity contribution is -0.160. The molecule has 0 bridgehead atoms. The summed E-state index contributed by atoms with van der Waals surface area (Å²) in [6, 6.07) is -7.81. The number of nitrogens with zero attached hydrogens (tertiary/aromatic N) is 9. The predicted octanol–water partition coefficient (Wildman–Crippen LogP) is 5.80. The second-order valence-corrected chi connectivity index (χ2v) is 30.9. The standard InChI is InChI=1S/C74H112ClF3N12O13/c1-12-46(5)61-70(100)83(8)47(6)65(95)90-35-31-55(90)68(98)84(9)57(42-48-22-15-14-16-23-48)67(97)82(7)44-59(91)79-53(30-28-49-27-29-51(52(75)41-49)74(76,77)78)66(96)89-34-21-26-54(89)64(94)81-73(32-19-20-33-73)72(102)86(11)62(50-24-17-18-25-50)71(101)85(10)58(69(99)87-36-38-103-39-37-87)43-60(92)88(13-2)56(40-45(3)4)63(93)80-61/h27,29,41,45-48,50,53-58,61-62H,12-26,28,30-40,42-44H2,1-11H3,(H,79,91)(H,80,93)(H,81,94)/t46-,47-,53-,54-,55-,56-,57-,58-,61-,62-/m0/s1. The van der Waals surface area contributed by atoms with Gasteiger partial charge in [-0.2, -0.15) is 13.2 Å². The normalized spacial score (nSPS) is 28.3. The number of hydrogen-bond donors (Lipinski definition) is 3. The van der Waals surface area contributed by atoms with Crippen LogP contribution in [0.15, 0.2) is 18.2 Å². The van der Waals surface area contributed by atoms with Crippen molar-refractivity contribution in [2.24, 2.45) is 23.7 Å². The molecule has 103 heavy (non-hydrogen) atoms. The SMILES string of the molecule is CC[C@H](C)[C@@H]1NC(=O)[C@H](CC(C)C)N(CC)C(=O)C[C@@H](C(=O)N2CCOCC2)N(C)C(=O)[C@H](C2CCCC2)N(C)C(=O)C2(CCCC2)NC(=O)[C@@H]2CCCN2C(=O)[C@H](CCc2ccc(C(F)(F)F)c(Cl)c2)NC(=O)CN(C)C(=O)[C@H](CC2CCCCC2)N(C)C(=O)[C@@H]2CCN2C(=O)[C@H](C)N(C)C1=O. The third-order valence-electron chi connectivity index (χ3n) is 23.2. The maximum atomic E-state index is 15.8. The van der Waals surface area contributed by atoms with E-state index in [-0.39, 0.29) is 109 Å². The molecule has 8 rings (SSSR count). The van der Waals surface area contributed by atoms with Crippen molar-refractivity contribution < 1.29 is 75.4 Å². The summed E-state index contributed by atoms with van der Waals surface area (Å²) in [5.41, 5.74) is -2.35. The topological polar surface area (TPSA) is 279 Å². The highest BCUT2D eigenvalue weighted by molar-refractivity contribution is 6.31. The van der Waals surface area contributed by atoms with Gasteiger partial charge in [0.2, 0.25) is 70.9 Å². The van der Waals surface area contributed by atoms with E-state index in [1.807, 2.05) is 20.8 Å². The highest BCUT2D eigenvalue weighted by Crippen LogP contribution is 2.39. The van der Waals surface area contributed by atoms with E-state index in [1.165, 1.54) is 87.4 Å². The molecule has 7 fully saturated rings. The van der Waals surface area contributed by atoms with Crippen LogP contribution in [0.4, 0.5) is 13.2 Å². The fraction of sp³-hybridized carbons (Fsp3) is 0.757. The largest absolute Gasteiger partial charge is 0.417 e. The molecule has 4 saturated heterocycles. The Morgan fingerprint density at radius 2 is 1.31 bits per heavy atom. The van der Waals surface area contributed by atoms with Crippen molar-refractivity contribution in [1.29, 1.82) is 0 Å². The molecule has 7 aliphatic rings. The van der Waals surface area contributed by atoms with Gasteiger partial charge in [-0.15, -0.1) is 0 Å². The molecule has 3 saturated carbocycles. The number of amides is 12. The Balaban J connectivity index is 1.19. The molecule has 25 nitrogen and oxygen atoms in total. The number of likely N-dealkylation sites (N-methyl/N-ethyl adjacent to an activating group) is 6. The zero-order valence-corrected chi connectivity index (χ0v) is 63.1. The van der Waals surface area contributed by atoms with E-state index in [1.54, 1.807) is 13.8 Å². The van der Waals surface area contributed by atoms with E-state index >= 15 is 38.4 Å². The summed E-state index contributed by atoms with van der Waals surface area (Å²) in [6.07, 6.45) is 4.10. The Bertz CT molecular complexity index is 3250. The molecule has 4 heterocycles. The number of carbonyl (C=O) groups excluding carboxylic acids is 12. The average Bonchev–Trinajstić information content (AvgIpc) is 1.77. The van der Waals surface area contributed by atoms with Crippen LogP contribution in [0, 0.1) is 23.7 Å². The number of halogens is 4. The summed E-state index contributed by atoms with van der Waals surface area (Å²) >= 11 is 6.18. The molecule has 574 valence electrons. The lowest BCUT2D eigenvalue weighted by Crippen LogP contribution is -2.65. The van der Waals surface area contributed by atoms with E-state index in [9.17, 15) is 32.3 Å².